The van der Waals surface area contributed by atoms with Gasteiger partial charge in [-0.05, 0) is 42.5 Å². The molecule has 0 aromatic carbocycles. The molecular formula is C12H21BrN2S2. The van der Waals surface area contributed by atoms with Crippen LogP contribution in [-0.4, -0.2) is 37.3 Å². The van der Waals surface area contributed by atoms with Crippen molar-refractivity contribution < 1.29 is 0 Å². The van der Waals surface area contributed by atoms with Gasteiger partial charge in [0.1, 0.15) is 0 Å². The lowest BCUT2D eigenvalue weighted by molar-refractivity contribution is 0.437. The summed E-state index contributed by atoms with van der Waals surface area (Å²) < 4.78 is 1.17. The van der Waals surface area contributed by atoms with Crippen molar-refractivity contribution in [2.24, 2.45) is 5.73 Å². The molecule has 2 atom stereocenters. The van der Waals surface area contributed by atoms with Gasteiger partial charge in [-0.25, -0.2) is 0 Å². The minimum atomic E-state index is 0.243. The molecule has 2 nitrogen and oxygen atoms in total. The minimum absolute atomic E-state index is 0.243. The SMILES string of the molecule is CCC(N)C(SCCN(C)C)c1cc(Br)cs1. The molecule has 0 aliphatic heterocycles. The summed E-state index contributed by atoms with van der Waals surface area (Å²) in [5.74, 6) is 1.13. The predicted octanol–water partition coefficient (Wildman–Crippen LogP) is 3.58. The van der Waals surface area contributed by atoms with Gasteiger partial charge in [0.05, 0.1) is 5.25 Å². The number of hydrogen-bond donors (Lipinski definition) is 1. The van der Waals surface area contributed by atoms with Crippen LogP contribution in [0, 0.1) is 0 Å². The van der Waals surface area contributed by atoms with Crippen molar-refractivity contribution in [3.8, 4) is 0 Å². The molecule has 1 aromatic heterocycles. The first-order valence-corrected chi connectivity index (χ1v) is 8.52. The molecule has 1 rings (SSSR count). The van der Waals surface area contributed by atoms with Crippen LogP contribution in [0.4, 0.5) is 0 Å². The van der Waals surface area contributed by atoms with Gasteiger partial charge in [0, 0.05) is 33.1 Å². The van der Waals surface area contributed by atoms with E-state index in [2.05, 4.69) is 53.3 Å². The summed E-state index contributed by atoms with van der Waals surface area (Å²) >= 11 is 7.29. The summed E-state index contributed by atoms with van der Waals surface area (Å²) in [5, 5.41) is 2.56. The molecule has 0 fully saturated rings. The Labute approximate surface area is 121 Å². The minimum Gasteiger partial charge on any atom is -0.326 e. The Morgan fingerprint density at radius 3 is 2.71 bits per heavy atom. The summed E-state index contributed by atoms with van der Waals surface area (Å²) in [5.41, 5.74) is 6.23. The summed E-state index contributed by atoms with van der Waals surface area (Å²) in [4.78, 5) is 3.60. The third-order valence-electron chi connectivity index (χ3n) is 2.56. The Bertz CT molecular complexity index is 328. The van der Waals surface area contributed by atoms with Crippen molar-refractivity contribution in [2.75, 3.05) is 26.4 Å². The number of halogens is 1. The lowest BCUT2D eigenvalue weighted by Crippen LogP contribution is -2.26. The van der Waals surface area contributed by atoms with Crippen molar-refractivity contribution in [1.82, 2.24) is 4.90 Å². The van der Waals surface area contributed by atoms with Crippen LogP contribution in [0.3, 0.4) is 0 Å². The van der Waals surface area contributed by atoms with Crippen molar-refractivity contribution in [2.45, 2.75) is 24.6 Å². The molecule has 98 valence electrons. The number of rotatable bonds is 7. The molecule has 2 unspecified atom stereocenters. The molecule has 0 aliphatic rings. The number of nitrogens with two attached hydrogens (primary N) is 1. The van der Waals surface area contributed by atoms with Gasteiger partial charge in [-0.2, -0.15) is 0 Å². The van der Waals surface area contributed by atoms with Crippen molar-refractivity contribution in [3.05, 3.63) is 20.8 Å². The van der Waals surface area contributed by atoms with E-state index in [0.717, 1.165) is 18.7 Å². The Hall–Kier alpha value is 0.450. The molecule has 0 bridgehead atoms. The second-order valence-electron chi connectivity index (χ2n) is 4.33. The normalized spacial score (nSPS) is 15.2. The molecule has 0 radical (unpaired) electrons. The smallest absolute Gasteiger partial charge is 0.0542 e. The topological polar surface area (TPSA) is 29.3 Å². The highest BCUT2D eigenvalue weighted by Gasteiger charge is 2.20. The fourth-order valence-corrected chi connectivity index (χ4v) is 4.74. The average molecular weight is 337 g/mol. The van der Waals surface area contributed by atoms with Gasteiger partial charge in [0.15, 0.2) is 0 Å². The highest BCUT2D eigenvalue weighted by molar-refractivity contribution is 9.10. The maximum atomic E-state index is 6.23. The average Bonchev–Trinajstić information content (AvgIpc) is 2.69. The molecule has 0 aliphatic carbocycles. The fourth-order valence-electron chi connectivity index (χ4n) is 1.47. The van der Waals surface area contributed by atoms with Crippen LogP contribution in [0.5, 0.6) is 0 Å². The lowest BCUT2D eigenvalue weighted by atomic mass is 10.1. The Morgan fingerprint density at radius 1 is 1.53 bits per heavy atom. The Morgan fingerprint density at radius 2 is 2.24 bits per heavy atom. The molecule has 0 spiro atoms. The first kappa shape index (κ1) is 15.5. The van der Waals surface area contributed by atoms with Crippen molar-refractivity contribution in [1.29, 1.82) is 0 Å². The van der Waals surface area contributed by atoms with Crippen LogP contribution in [0.2, 0.25) is 0 Å². The van der Waals surface area contributed by atoms with Crippen LogP contribution in [-0.2, 0) is 0 Å². The van der Waals surface area contributed by atoms with Crippen LogP contribution in [0.1, 0.15) is 23.5 Å². The molecule has 0 saturated carbocycles. The van der Waals surface area contributed by atoms with Gasteiger partial charge >= 0.3 is 0 Å². The Balaban J connectivity index is 2.61. The summed E-state index contributed by atoms with van der Waals surface area (Å²) in [6.07, 6.45) is 1.02. The van der Waals surface area contributed by atoms with Gasteiger partial charge in [-0.1, -0.05) is 6.92 Å². The van der Waals surface area contributed by atoms with Crippen LogP contribution in [0.15, 0.2) is 15.9 Å². The molecule has 5 heteroatoms. The standard InChI is InChI=1S/C12H21BrN2S2/c1-4-10(14)12(16-6-5-15(2)3)11-7-9(13)8-17-11/h7-8,10,12H,4-6,14H2,1-3H3. The van der Waals surface area contributed by atoms with Gasteiger partial charge in [0.2, 0.25) is 0 Å². The van der Waals surface area contributed by atoms with Gasteiger partial charge in [-0.3, -0.25) is 0 Å². The highest BCUT2D eigenvalue weighted by atomic mass is 79.9. The largest absolute Gasteiger partial charge is 0.326 e. The Kier molecular flexibility index (Phi) is 7.11. The van der Waals surface area contributed by atoms with Crippen LogP contribution in [0.25, 0.3) is 0 Å². The number of thiophene rings is 1. The number of hydrogen-bond acceptors (Lipinski definition) is 4. The quantitative estimate of drug-likeness (QED) is 0.825. The predicted molar refractivity (Wildman–Crippen MR) is 84.0 cm³/mol. The number of nitrogens with zero attached hydrogens (tertiary/aromatic N) is 1. The summed E-state index contributed by atoms with van der Waals surface area (Å²) in [6, 6.07) is 2.45. The highest BCUT2D eigenvalue weighted by Crippen LogP contribution is 2.37. The van der Waals surface area contributed by atoms with Gasteiger partial charge in [-0.15, -0.1) is 23.1 Å². The molecular weight excluding hydrogens is 316 g/mol. The molecule has 0 saturated heterocycles. The zero-order valence-corrected chi connectivity index (χ0v) is 13.9. The fraction of sp³-hybridized carbons (Fsp3) is 0.667. The first-order valence-electron chi connectivity index (χ1n) is 5.80. The van der Waals surface area contributed by atoms with E-state index in [1.54, 1.807) is 11.3 Å². The molecule has 0 amide bonds. The zero-order chi connectivity index (χ0) is 12.8. The number of thioether (sulfide) groups is 1. The van der Waals surface area contributed by atoms with Gasteiger partial charge in [0.25, 0.3) is 0 Å². The molecule has 1 heterocycles. The van der Waals surface area contributed by atoms with Gasteiger partial charge < -0.3 is 10.6 Å². The third kappa shape index (κ3) is 5.30. The first-order chi connectivity index (χ1) is 8.04. The van der Waals surface area contributed by atoms with E-state index in [9.17, 15) is 0 Å². The summed E-state index contributed by atoms with van der Waals surface area (Å²) in [7, 11) is 4.22. The third-order valence-corrected chi connectivity index (χ3v) is 5.87. The van der Waals surface area contributed by atoms with Crippen LogP contribution >= 0.6 is 39.0 Å². The van der Waals surface area contributed by atoms with E-state index in [1.807, 2.05) is 11.8 Å². The van der Waals surface area contributed by atoms with E-state index < -0.39 is 0 Å². The van der Waals surface area contributed by atoms with Crippen molar-refractivity contribution in [3.63, 3.8) is 0 Å². The molecule has 1 aromatic rings. The lowest BCUT2D eigenvalue weighted by Gasteiger charge is -2.22. The summed E-state index contributed by atoms with van der Waals surface area (Å²) in [6.45, 7) is 3.26. The zero-order valence-electron chi connectivity index (χ0n) is 10.6. The van der Waals surface area contributed by atoms with Crippen LogP contribution < -0.4 is 5.73 Å². The van der Waals surface area contributed by atoms with E-state index >= 15 is 0 Å². The molecule has 2 N–H and O–H groups in total. The molecule has 17 heavy (non-hydrogen) atoms. The maximum absolute atomic E-state index is 6.23. The second-order valence-corrected chi connectivity index (χ2v) is 7.44. The monoisotopic (exact) mass is 336 g/mol. The second kappa shape index (κ2) is 7.79. The van der Waals surface area contributed by atoms with E-state index in [1.165, 1.54) is 9.35 Å². The maximum Gasteiger partial charge on any atom is 0.0542 e. The van der Waals surface area contributed by atoms with E-state index in [-0.39, 0.29) is 6.04 Å². The van der Waals surface area contributed by atoms with E-state index in [4.69, 9.17) is 5.73 Å². The van der Waals surface area contributed by atoms with E-state index in [0.29, 0.717) is 5.25 Å². The van der Waals surface area contributed by atoms with Crippen molar-refractivity contribution >= 4 is 39.0 Å².